The smallest absolute Gasteiger partial charge is 0.410 e. The van der Waals surface area contributed by atoms with E-state index in [1.165, 1.54) is 38.5 Å². The molecule has 4 heterocycles. The molecule has 6 unspecified atom stereocenters. The molecule has 4 fully saturated rings. The first-order chi connectivity index (χ1) is 29.1. The Morgan fingerprint density at radius 2 is 1.18 bits per heavy atom. The Hall–Kier alpha value is -4.97. The minimum atomic E-state index is -0.572. The molecule has 3 amide bonds. The molecule has 3 N–H and O–H groups in total. The molecule has 4 saturated carbocycles. The number of ether oxygens (including phenoxy) is 1. The van der Waals surface area contributed by atoms with Crippen LogP contribution in [0.3, 0.4) is 0 Å². The topological polar surface area (TPSA) is 135 Å². The van der Waals surface area contributed by atoms with E-state index in [1.54, 1.807) is 4.90 Å². The van der Waals surface area contributed by atoms with Crippen molar-refractivity contribution in [1.29, 1.82) is 0 Å². The molecule has 2 aliphatic heterocycles. The molecule has 12 heteroatoms. The van der Waals surface area contributed by atoms with Gasteiger partial charge in [-0.25, -0.2) is 14.8 Å². The van der Waals surface area contributed by atoms with Gasteiger partial charge in [0.05, 0.1) is 17.9 Å². The number of benzene rings is 2. The summed E-state index contributed by atoms with van der Waals surface area (Å²) < 4.78 is 9.92. The molecule has 0 saturated heterocycles. The average molecular weight is 829 g/mol. The molecule has 10 rings (SSSR count). The number of imidazole rings is 2. The van der Waals surface area contributed by atoms with E-state index in [4.69, 9.17) is 14.7 Å². The second kappa shape index (κ2) is 15.7. The Bertz CT molecular complexity index is 2290. The number of nitrogens with one attached hydrogen (secondary N) is 3. The largest absolute Gasteiger partial charge is 0.444 e. The van der Waals surface area contributed by atoms with Gasteiger partial charge in [0, 0.05) is 55.9 Å². The van der Waals surface area contributed by atoms with Crippen molar-refractivity contribution in [3.8, 4) is 22.8 Å². The highest BCUT2D eigenvalue weighted by Gasteiger charge is 2.54. The second-order valence-electron chi connectivity index (χ2n) is 20.7. The fraction of sp³-hybridized carbons (Fsp3) is 0.571. The zero-order valence-corrected chi connectivity index (χ0v) is 37.1. The SMILES string of the molecule is CC(C)(C)OC(=O)N1CCn2c(-c3ccccc3)nc(C(=O)NC3C4CCC(C4)C3(C)C)c2C1.CC1(C)C2CCC(C2)C1NC(=O)c1nc(-c2ccccc2)n2c1CNCC2. The number of rotatable bonds is 6. The summed E-state index contributed by atoms with van der Waals surface area (Å²) in [7, 11) is 0. The van der Waals surface area contributed by atoms with Crippen LogP contribution in [0, 0.1) is 34.5 Å². The maximum Gasteiger partial charge on any atom is 0.410 e. The Balaban J connectivity index is 0.000000160. The molecular weight excluding hydrogens is 765 g/mol. The van der Waals surface area contributed by atoms with Crippen LogP contribution in [0.4, 0.5) is 4.79 Å². The van der Waals surface area contributed by atoms with Gasteiger partial charge >= 0.3 is 6.09 Å². The van der Waals surface area contributed by atoms with Crippen molar-refractivity contribution < 1.29 is 19.1 Å². The van der Waals surface area contributed by atoms with E-state index in [2.05, 4.69) is 64.9 Å². The Kier molecular flexibility index (Phi) is 10.7. The summed E-state index contributed by atoms with van der Waals surface area (Å²) >= 11 is 0. The molecule has 12 nitrogen and oxygen atoms in total. The van der Waals surface area contributed by atoms with Crippen LogP contribution in [0.25, 0.3) is 22.8 Å². The van der Waals surface area contributed by atoms with Gasteiger partial charge in [-0.3, -0.25) is 9.59 Å². The van der Waals surface area contributed by atoms with Crippen molar-refractivity contribution in [2.24, 2.45) is 34.5 Å². The van der Waals surface area contributed by atoms with Gasteiger partial charge in [-0.05, 0) is 93.8 Å². The van der Waals surface area contributed by atoms with Crippen LogP contribution in [-0.2, 0) is 30.9 Å². The highest BCUT2D eigenvalue weighted by Crippen LogP contribution is 2.56. The third-order valence-electron chi connectivity index (χ3n) is 15.2. The van der Waals surface area contributed by atoms with Crippen LogP contribution >= 0.6 is 0 Å². The van der Waals surface area contributed by atoms with Gasteiger partial charge in [0.25, 0.3) is 11.8 Å². The van der Waals surface area contributed by atoms with E-state index in [9.17, 15) is 14.4 Å². The summed E-state index contributed by atoms with van der Waals surface area (Å²) in [5.41, 5.74) is 4.53. The van der Waals surface area contributed by atoms with E-state index in [-0.39, 0.29) is 40.8 Å². The molecule has 4 aliphatic carbocycles. The number of aromatic nitrogens is 4. The first kappa shape index (κ1) is 41.4. The van der Waals surface area contributed by atoms with E-state index < -0.39 is 5.60 Å². The predicted molar refractivity (Wildman–Crippen MR) is 235 cm³/mol. The highest BCUT2D eigenvalue weighted by molar-refractivity contribution is 5.95. The first-order valence-electron chi connectivity index (χ1n) is 22.7. The molecule has 2 aromatic heterocycles. The summed E-state index contributed by atoms with van der Waals surface area (Å²) in [6, 6.07) is 20.6. The Labute approximate surface area is 360 Å². The van der Waals surface area contributed by atoms with Crippen molar-refractivity contribution in [2.75, 3.05) is 13.1 Å². The van der Waals surface area contributed by atoms with Gasteiger partial charge in [0.15, 0.2) is 11.4 Å². The molecule has 0 radical (unpaired) electrons. The fourth-order valence-electron chi connectivity index (χ4n) is 11.9. The lowest BCUT2D eigenvalue weighted by Crippen LogP contribution is -2.49. The average Bonchev–Trinajstić information content (AvgIpc) is 4.10. The van der Waals surface area contributed by atoms with Gasteiger partial charge in [0.1, 0.15) is 17.2 Å². The Morgan fingerprint density at radius 3 is 1.66 bits per heavy atom. The quantitative estimate of drug-likeness (QED) is 0.179. The van der Waals surface area contributed by atoms with Crippen molar-refractivity contribution in [3.05, 3.63) is 83.4 Å². The maximum absolute atomic E-state index is 13.7. The van der Waals surface area contributed by atoms with Crippen LogP contribution in [0.1, 0.15) is 119 Å². The normalized spacial score (nSPS) is 26.5. The number of carbonyl (C=O) groups is 3. The molecule has 2 aromatic carbocycles. The molecule has 61 heavy (non-hydrogen) atoms. The van der Waals surface area contributed by atoms with Crippen LogP contribution < -0.4 is 16.0 Å². The van der Waals surface area contributed by atoms with Crippen molar-refractivity contribution >= 4 is 17.9 Å². The van der Waals surface area contributed by atoms with Gasteiger partial charge in [-0.2, -0.15) is 0 Å². The minimum absolute atomic E-state index is 0.00439. The lowest BCUT2D eigenvalue weighted by molar-refractivity contribution is 0.0198. The van der Waals surface area contributed by atoms with Crippen LogP contribution in [0.2, 0.25) is 0 Å². The first-order valence-corrected chi connectivity index (χ1v) is 22.7. The number of carbonyl (C=O) groups excluding carboxylic acids is 3. The summed E-state index contributed by atoms with van der Waals surface area (Å²) in [6.45, 7) is 18.6. The molecule has 6 aliphatic rings. The standard InChI is InChI=1S/C27H36N4O3.C22H28N4O/c1-26(2,3)34-25(33)30-13-14-31-20(16-30)21(28-23(31)17-9-7-6-8-10-17)24(32)29-22-18-11-12-19(15-18)27(22,4)5;1-22(2)16-9-8-15(12-16)19(22)25-21(27)18-17-13-23-10-11-26(17)20(24-18)14-6-4-3-5-7-14/h6-10,18-19,22H,11-16H2,1-5H3,(H,29,32);3-7,15-16,19,23H,8-13H2,1-2H3,(H,25,27). The molecule has 4 bridgehead atoms. The third kappa shape index (κ3) is 7.67. The number of fused-ring (bicyclic) bond motifs is 6. The number of nitrogens with zero attached hydrogens (tertiary/aromatic N) is 5. The van der Waals surface area contributed by atoms with Gasteiger partial charge in [0.2, 0.25) is 0 Å². The van der Waals surface area contributed by atoms with Crippen molar-refractivity contribution in [3.63, 3.8) is 0 Å². The minimum Gasteiger partial charge on any atom is -0.444 e. The second-order valence-corrected chi connectivity index (χ2v) is 20.7. The van der Waals surface area contributed by atoms with Crippen LogP contribution in [-0.4, -0.2) is 72.7 Å². The molecule has 324 valence electrons. The van der Waals surface area contributed by atoms with Crippen molar-refractivity contribution in [2.45, 2.75) is 131 Å². The third-order valence-corrected chi connectivity index (χ3v) is 15.2. The molecular formula is C49H64N8O4. The molecule has 0 spiro atoms. The number of amides is 3. The number of hydrogen-bond donors (Lipinski definition) is 3. The monoisotopic (exact) mass is 829 g/mol. The van der Waals surface area contributed by atoms with E-state index >= 15 is 0 Å². The highest BCUT2D eigenvalue weighted by atomic mass is 16.6. The van der Waals surface area contributed by atoms with E-state index in [0.717, 1.165) is 53.2 Å². The lowest BCUT2D eigenvalue weighted by atomic mass is 9.73. The fourth-order valence-corrected chi connectivity index (χ4v) is 11.9. The summed E-state index contributed by atoms with van der Waals surface area (Å²) in [6.07, 6.45) is 7.09. The van der Waals surface area contributed by atoms with Gasteiger partial charge in [-0.15, -0.1) is 0 Å². The summed E-state index contributed by atoms with van der Waals surface area (Å²) in [4.78, 5) is 51.1. The predicted octanol–water partition coefficient (Wildman–Crippen LogP) is 8.06. The van der Waals surface area contributed by atoms with Gasteiger partial charge in [-0.1, -0.05) is 88.4 Å². The van der Waals surface area contributed by atoms with E-state index in [0.29, 0.717) is 55.3 Å². The summed E-state index contributed by atoms with van der Waals surface area (Å²) in [5.74, 6) is 4.11. The van der Waals surface area contributed by atoms with Crippen molar-refractivity contribution in [1.82, 2.24) is 40.0 Å². The molecule has 6 atom stereocenters. The maximum atomic E-state index is 13.7. The zero-order valence-electron chi connectivity index (χ0n) is 37.1. The number of hydrogen-bond acceptors (Lipinski definition) is 7. The lowest BCUT2D eigenvalue weighted by Gasteiger charge is -2.38. The zero-order chi connectivity index (χ0) is 42.8. The van der Waals surface area contributed by atoms with Crippen LogP contribution in [0.5, 0.6) is 0 Å². The van der Waals surface area contributed by atoms with E-state index in [1.807, 2.05) is 69.3 Å². The Morgan fingerprint density at radius 1 is 0.689 bits per heavy atom. The van der Waals surface area contributed by atoms with Gasteiger partial charge < -0.3 is 34.7 Å². The molecule has 4 aromatic rings. The van der Waals surface area contributed by atoms with Crippen LogP contribution in [0.15, 0.2) is 60.7 Å². The summed E-state index contributed by atoms with van der Waals surface area (Å²) in [5, 5.41) is 10.2.